The van der Waals surface area contributed by atoms with Gasteiger partial charge in [-0.1, -0.05) is 20.8 Å². The molecular weight excluding hydrogens is 244 g/mol. The Morgan fingerprint density at radius 2 is 2.05 bits per heavy atom. The molecule has 0 aliphatic carbocycles. The minimum Gasteiger partial charge on any atom is -0.475 e. The van der Waals surface area contributed by atoms with Crippen LogP contribution in [0.1, 0.15) is 27.7 Å². The lowest BCUT2D eigenvalue weighted by molar-refractivity contribution is -0.123. The first-order valence-electron chi connectivity index (χ1n) is 6.41. The summed E-state index contributed by atoms with van der Waals surface area (Å²) in [5.74, 6) is 0.479. The maximum atomic E-state index is 11.8. The molecular formula is C14H22N2O3. The van der Waals surface area contributed by atoms with Crippen LogP contribution in [0.3, 0.4) is 0 Å². The van der Waals surface area contributed by atoms with Gasteiger partial charge in [-0.25, -0.2) is 4.98 Å². The van der Waals surface area contributed by atoms with Crippen molar-refractivity contribution in [1.82, 2.24) is 4.98 Å². The third kappa shape index (κ3) is 5.70. The third-order valence-electron chi connectivity index (χ3n) is 2.36. The van der Waals surface area contributed by atoms with Crippen molar-refractivity contribution < 1.29 is 14.3 Å². The number of carbonyl (C=O) groups is 1. The van der Waals surface area contributed by atoms with E-state index in [1.165, 1.54) is 0 Å². The molecule has 19 heavy (non-hydrogen) atoms. The number of pyridine rings is 1. The van der Waals surface area contributed by atoms with Crippen molar-refractivity contribution in [2.24, 2.45) is 5.41 Å². The van der Waals surface area contributed by atoms with Crippen LogP contribution in [0, 0.1) is 5.41 Å². The number of ether oxygens (including phenoxy) is 2. The first-order chi connectivity index (χ1) is 8.93. The van der Waals surface area contributed by atoms with Gasteiger partial charge in [0, 0.05) is 18.1 Å². The van der Waals surface area contributed by atoms with Crippen LogP contribution < -0.4 is 10.1 Å². The van der Waals surface area contributed by atoms with Crippen molar-refractivity contribution in [3.63, 3.8) is 0 Å². The largest absolute Gasteiger partial charge is 0.475 e. The zero-order valence-electron chi connectivity index (χ0n) is 12.0. The molecule has 0 unspecified atom stereocenters. The minimum atomic E-state index is -0.424. The first-order valence-corrected chi connectivity index (χ1v) is 6.41. The highest BCUT2D eigenvalue weighted by Gasteiger charge is 2.21. The molecule has 106 valence electrons. The number of hydrogen-bond acceptors (Lipinski definition) is 4. The molecule has 1 heterocycles. The Labute approximate surface area is 114 Å². The van der Waals surface area contributed by atoms with Gasteiger partial charge in [0.25, 0.3) is 0 Å². The van der Waals surface area contributed by atoms with Crippen molar-refractivity contribution >= 4 is 11.6 Å². The summed E-state index contributed by atoms with van der Waals surface area (Å²) in [6.07, 6.45) is 1.58. The highest BCUT2D eigenvalue weighted by atomic mass is 16.5. The van der Waals surface area contributed by atoms with Gasteiger partial charge < -0.3 is 14.8 Å². The molecule has 0 bridgehead atoms. The number of anilines is 1. The van der Waals surface area contributed by atoms with Crippen LogP contribution in [0.25, 0.3) is 0 Å². The van der Waals surface area contributed by atoms with Gasteiger partial charge in [0.2, 0.25) is 11.8 Å². The van der Waals surface area contributed by atoms with Crippen LogP contribution in [0.4, 0.5) is 5.69 Å². The van der Waals surface area contributed by atoms with Crippen LogP contribution in [-0.4, -0.2) is 30.7 Å². The molecule has 0 radical (unpaired) electrons. The maximum absolute atomic E-state index is 11.8. The second-order valence-electron chi connectivity index (χ2n) is 5.13. The monoisotopic (exact) mass is 266 g/mol. The second-order valence-corrected chi connectivity index (χ2v) is 5.13. The predicted molar refractivity (Wildman–Crippen MR) is 74.3 cm³/mol. The summed E-state index contributed by atoms with van der Waals surface area (Å²) in [5.41, 5.74) is 0.240. The molecule has 0 aliphatic heterocycles. The second kappa shape index (κ2) is 7.09. The van der Waals surface area contributed by atoms with Gasteiger partial charge in [0.15, 0.2) is 0 Å². The van der Waals surface area contributed by atoms with Crippen molar-refractivity contribution in [1.29, 1.82) is 0 Å². The Morgan fingerprint density at radius 1 is 1.32 bits per heavy atom. The summed E-state index contributed by atoms with van der Waals surface area (Å²) in [4.78, 5) is 15.9. The molecule has 0 atom stereocenters. The Bertz CT molecular complexity index is 396. The van der Waals surface area contributed by atoms with Gasteiger partial charge in [-0.2, -0.15) is 0 Å². The zero-order chi connectivity index (χ0) is 14.3. The molecule has 0 spiro atoms. The first kappa shape index (κ1) is 15.4. The van der Waals surface area contributed by atoms with E-state index in [1.807, 2.05) is 27.7 Å². The van der Waals surface area contributed by atoms with Gasteiger partial charge in [0.05, 0.1) is 18.5 Å². The van der Waals surface area contributed by atoms with E-state index in [1.54, 1.807) is 18.3 Å². The molecule has 1 aromatic rings. The Morgan fingerprint density at radius 3 is 2.58 bits per heavy atom. The molecule has 1 amide bonds. The lowest BCUT2D eigenvalue weighted by Gasteiger charge is -2.17. The molecule has 0 saturated carbocycles. The Balaban J connectivity index is 2.45. The maximum Gasteiger partial charge on any atom is 0.229 e. The summed E-state index contributed by atoms with van der Waals surface area (Å²) in [6, 6.07) is 3.50. The molecule has 0 fully saturated rings. The smallest absolute Gasteiger partial charge is 0.229 e. The SMILES string of the molecule is CCOCCOc1ccc(NC(=O)C(C)(C)C)cn1. The number of aromatic nitrogens is 1. The van der Waals surface area contributed by atoms with Gasteiger partial charge in [0.1, 0.15) is 6.61 Å². The van der Waals surface area contributed by atoms with E-state index in [0.29, 0.717) is 31.4 Å². The van der Waals surface area contributed by atoms with Crippen LogP contribution in [-0.2, 0) is 9.53 Å². The third-order valence-corrected chi connectivity index (χ3v) is 2.36. The molecule has 5 nitrogen and oxygen atoms in total. The van der Waals surface area contributed by atoms with Crippen molar-refractivity contribution in [2.75, 3.05) is 25.1 Å². The number of nitrogens with one attached hydrogen (secondary N) is 1. The van der Waals surface area contributed by atoms with Crippen molar-refractivity contribution in [3.8, 4) is 5.88 Å². The van der Waals surface area contributed by atoms with Crippen molar-refractivity contribution in [3.05, 3.63) is 18.3 Å². The topological polar surface area (TPSA) is 60.5 Å². The number of hydrogen-bond donors (Lipinski definition) is 1. The van der Waals surface area contributed by atoms with Crippen LogP contribution in [0.15, 0.2) is 18.3 Å². The van der Waals surface area contributed by atoms with E-state index >= 15 is 0 Å². The normalized spacial score (nSPS) is 11.2. The highest BCUT2D eigenvalue weighted by Crippen LogP contribution is 2.18. The number of carbonyl (C=O) groups excluding carboxylic acids is 1. The molecule has 5 heteroatoms. The molecule has 1 aromatic heterocycles. The number of rotatable bonds is 6. The van der Waals surface area contributed by atoms with Crippen LogP contribution in [0.5, 0.6) is 5.88 Å². The fourth-order valence-electron chi connectivity index (χ4n) is 1.21. The highest BCUT2D eigenvalue weighted by molar-refractivity contribution is 5.94. The summed E-state index contributed by atoms with van der Waals surface area (Å²) in [7, 11) is 0. The number of nitrogens with zero attached hydrogens (tertiary/aromatic N) is 1. The van der Waals surface area contributed by atoms with E-state index in [2.05, 4.69) is 10.3 Å². The van der Waals surface area contributed by atoms with E-state index < -0.39 is 5.41 Å². The quantitative estimate of drug-likeness (QED) is 0.804. The summed E-state index contributed by atoms with van der Waals surface area (Å²) >= 11 is 0. The van der Waals surface area contributed by atoms with Gasteiger partial charge >= 0.3 is 0 Å². The van der Waals surface area contributed by atoms with Gasteiger partial charge in [-0.05, 0) is 13.0 Å². The van der Waals surface area contributed by atoms with E-state index in [0.717, 1.165) is 0 Å². The van der Waals surface area contributed by atoms with E-state index in [4.69, 9.17) is 9.47 Å². The van der Waals surface area contributed by atoms with E-state index in [-0.39, 0.29) is 5.91 Å². The van der Waals surface area contributed by atoms with Gasteiger partial charge in [-0.3, -0.25) is 4.79 Å². The summed E-state index contributed by atoms with van der Waals surface area (Å²) in [5, 5.41) is 2.80. The lowest BCUT2D eigenvalue weighted by atomic mass is 9.96. The standard InChI is InChI=1S/C14H22N2O3/c1-5-18-8-9-19-12-7-6-11(10-15-12)16-13(17)14(2,3)4/h6-7,10H,5,8-9H2,1-4H3,(H,16,17). The van der Waals surface area contributed by atoms with Crippen LogP contribution in [0.2, 0.25) is 0 Å². The molecule has 0 saturated heterocycles. The minimum absolute atomic E-state index is 0.0423. The molecule has 0 aliphatic rings. The van der Waals surface area contributed by atoms with E-state index in [9.17, 15) is 4.79 Å². The zero-order valence-corrected chi connectivity index (χ0v) is 12.0. The Hall–Kier alpha value is -1.62. The molecule has 0 aromatic carbocycles. The van der Waals surface area contributed by atoms with Gasteiger partial charge in [-0.15, -0.1) is 0 Å². The Kier molecular flexibility index (Phi) is 5.76. The molecule has 1 N–H and O–H groups in total. The average Bonchev–Trinajstić information content (AvgIpc) is 2.35. The van der Waals surface area contributed by atoms with Crippen molar-refractivity contribution in [2.45, 2.75) is 27.7 Å². The number of amides is 1. The predicted octanol–water partition coefficient (Wildman–Crippen LogP) is 2.48. The van der Waals surface area contributed by atoms with Crippen LogP contribution >= 0.6 is 0 Å². The summed E-state index contributed by atoms with van der Waals surface area (Å²) < 4.78 is 10.5. The summed E-state index contributed by atoms with van der Waals surface area (Å²) in [6.45, 7) is 9.21. The average molecular weight is 266 g/mol. The lowest BCUT2D eigenvalue weighted by Crippen LogP contribution is -2.27. The molecule has 1 rings (SSSR count). The fraction of sp³-hybridized carbons (Fsp3) is 0.571. The fourth-order valence-corrected chi connectivity index (χ4v) is 1.21.